The predicted molar refractivity (Wildman–Crippen MR) is 110 cm³/mol. The van der Waals surface area contributed by atoms with Gasteiger partial charge in [-0.05, 0) is 62.2 Å². The Morgan fingerprint density at radius 1 is 1.14 bits per heavy atom. The molecule has 148 valence electrons. The number of imidazole rings is 1. The van der Waals surface area contributed by atoms with Gasteiger partial charge in [-0.15, -0.1) is 0 Å². The Balaban J connectivity index is 1.46. The number of nitrogens with zero attached hydrogens (tertiary/aromatic N) is 3. The molecule has 0 amide bonds. The molecule has 2 aromatic heterocycles. The lowest BCUT2D eigenvalue weighted by Crippen LogP contribution is -2.20. The van der Waals surface area contributed by atoms with Crippen LogP contribution in [-0.4, -0.2) is 26.3 Å². The van der Waals surface area contributed by atoms with E-state index in [-0.39, 0.29) is 5.69 Å². The van der Waals surface area contributed by atoms with Crippen LogP contribution in [0.1, 0.15) is 38.6 Å². The highest BCUT2D eigenvalue weighted by molar-refractivity contribution is 5.81. The fraction of sp³-hybridized carbons (Fsp3) is 0.318. The molecule has 29 heavy (non-hydrogen) atoms. The molecule has 2 aromatic carbocycles. The minimum atomic E-state index is -0.0489. The first-order chi connectivity index (χ1) is 14.2. The molecule has 0 unspecified atom stereocenters. The highest BCUT2D eigenvalue weighted by atomic mass is 16.5. The lowest BCUT2D eigenvalue weighted by Gasteiger charge is -2.11. The fourth-order valence-electron chi connectivity index (χ4n) is 4.11. The first-order valence-electron chi connectivity index (χ1n) is 10.0. The van der Waals surface area contributed by atoms with Gasteiger partial charge in [-0.1, -0.05) is 18.0 Å². The van der Waals surface area contributed by atoms with E-state index < -0.39 is 0 Å². The van der Waals surface area contributed by atoms with E-state index >= 15 is 0 Å². The molecule has 0 spiro atoms. The van der Waals surface area contributed by atoms with E-state index in [1.165, 1.54) is 12.8 Å². The summed E-state index contributed by atoms with van der Waals surface area (Å²) in [7, 11) is 0. The number of nitrogens with one attached hydrogen (secondary N) is 1. The standard InChI is InChI=1S/C22H22N4O3/c1-2-28-17-10-7-14(8-11-17)21-24-20(25-29-21)15-9-12-19-18(13-15)23-22(27)26(19)16-5-3-4-6-16/h7-13,16H,2-6H2,1H3,(H,23,27). The van der Waals surface area contributed by atoms with E-state index in [4.69, 9.17) is 9.26 Å². The van der Waals surface area contributed by atoms with Gasteiger partial charge >= 0.3 is 5.69 Å². The highest BCUT2D eigenvalue weighted by Gasteiger charge is 2.21. The summed E-state index contributed by atoms with van der Waals surface area (Å²) in [5.74, 6) is 1.74. The van der Waals surface area contributed by atoms with Crippen molar-refractivity contribution in [3.8, 4) is 28.6 Å². The molecular weight excluding hydrogens is 368 g/mol. The van der Waals surface area contributed by atoms with Crippen LogP contribution in [0.25, 0.3) is 33.9 Å². The summed E-state index contributed by atoms with van der Waals surface area (Å²) in [4.78, 5) is 20.0. The molecule has 0 bridgehead atoms. The Hall–Kier alpha value is -3.35. The Bertz CT molecular complexity index is 1200. The number of aromatic amines is 1. The number of benzene rings is 2. The number of H-pyrrole nitrogens is 1. The van der Waals surface area contributed by atoms with Crippen molar-refractivity contribution in [1.82, 2.24) is 19.7 Å². The third-order valence-corrected chi connectivity index (χ3v) is 5.50. The second-order valence-corrected chi connectivity index (χ2v) is 7.35. The Morgan fingerprint density at radius 3 is 2.66 bits per heavy atom. The molecule has 1 aliphatic carbocycles. The smallest absolute Gasteiger partial charge is 0.326 e. The molecule has 7 nitrogen and oxygen atoms in total. The van der Waals surface area contributed by atoms with Crippen LogP contribution >= 0.6 is 0 Å². The number of aromatic nitrogens is 4. The van der Waals surface area contributed by atoms with E-state index in [2.05, 4.69) is 15.1 Å². The quantitative estimate of drug-likeness (QED) is 0.540. The molecule has 1 aliphatic rings. The van der Waals surface area contributed by atoms with E-state index in [9.17, 15) is 4.79 Å². The average molecular weight is 390 g/mol. The van der Waals surface area contributed by atoms with Crippen LogP contribution in [-0.2, 0) is 0 Å². The largest absolute Gasteiger partial charge is 0.494 e. The summed E-state index contributed by atoms with van der Waals surface area (Å²) in [6, 6.07) is 13.7. The lowest BCUT2D eigenvalue weighted by molar-refractivity contribution is 0.340. The topological polar surface area (TPSA) is 85.9 Å². The number of fused-ring (bicyclic) bond motifs is 1. The van der Waals surface area contributed by atoms with Crippen LogP contribution < -0.4 is 10.4 Å². The summed E-state index contributed by atoms with van der Waals surface area (Å²) < 4.78 is 12.8. The summed E-state index contributed by atoms with van der Waals surface area (Å²) in [6.45, 7) is 2.57. The third kappa shape index (κ3) is 3.22. The number of hydrogen-bond acceptors (Lipinski definition) is 5. The van der Waals surface area contributed by atoms with Crippen molar-refractivity contribution in [2.24, 2.45) is 0 Å². The molecule has 5 rings (SSSR count). The van der Waals surface area contributed by atoms with Crippen LogP contribution in [0.15, 0.2) is 51.8 Å². The zero-order chi connectivity index (χ0) is 19.8. The molecular formula is C22H22N4O3. The van der Waals surface area contributed by atoms with Crippen LogP contribution in [0.5, 0.6) is 5.75 Å². The van der Waals surface area contributed by atoms with Crippen LogP contribution in [0, 0.1) is 0 Å². The molecule has 0 aliphatic heterocycles. The van der Waals surface area contributed by atoms with Gasteiger partial charge in [0.25, 0.3) is 5.89 Å². The van der Waals surface area contributed by atoms with Gasteiger partial charge in [-0.25, -0.2) is 4.79 Å². The summed E-state index contributed by atoms with van der Waals surface area (Å²) in [5, 5.41) is 4.12. The van der Waals surface area contributed by atoms with Gasteiger partial charge in [-0.3, -0.25) is 4.57 Å². The Kier molecular flexibility index (Phi) is 4.42. The van der Waals surface area contributed by atoms with Crippen LogP contribution in [0.4, 0.5) is 0 Å². The Labute approximate surface area is 167 Å². The minimum absolute atomic E-state index is 0.0489. The van der Waals surface area contributed by atoms with E-state index in [1.807, 2.05) is 54.0 Å². The van der Waals surface area contributed by atoms with Crippen molar-refractivity contribution < 1.29 is 9.26 Å². The van der Waals surface area contributed by atoms with Gasteiger partial charge in [0, 0.05) is 17.2 Å². The van der Waals surface area contributed by atoms with Gasteiger partial charge in [0.05, 0.1) is 17.6 Å². The summed E-state index contributed by atoms with van der Waals surface area (Å²) in [6.07, 6.45) is 4.48. The maximum atomic E-state index is 12.5. The lowest BCUT2D eigenvalue weighted by atomic mass is 10.1. The molecule has 4 aromatic rings. The first-order valence-corrected chi connectivity index (χ1v) is 10.0. The molecule has 1 fully saturated rings. The monoisotopic (exact) mass is 390 g/mol. The number of hydrogen-bond donors (Lipinski definition) is 1. The van der Waals surface area contributed by atoms with Crippen molar-refractivity contribution in [3.05, 3.63) is 52.9 Å². The molecule has 1 N–H and O–H groups in total. The van der Waals surface area contributed by atoms with E-state index in [1.54, 1.807) is 0 Å². The molecule has 0 saturated heterocycles. The van der Waals surface area contributed by atoms with Crippen LogP contribution in [0.2, 0.25) is 0 Å². The van der Waals surface area contributed by atoms with Gasteiger partial charge in [0.2, 0.25) is 5.82 Å². The molecule has 1 saturated carbocycles. The SMILES string of the molecule is CCOc1ccc(-c2nc(-c3ccc4c(c3)[nH]c(=O)n4C3CCCC3)no2)cc1. The van der Waals surface area contributed by atoms with Crippen molar-refractivity contribution in [3.63, 3.8) is 0 Å². The van der Waals surface area contributed by atoms with Crippen molar-refractivity contribution in [2.75, 3.05) is 6.61 Å². The van der Waals surface area contributed by atoms with Gasteiger partial charge in [0.15, 0.2) is 0 Å². The van der Waals surface area contributed by atoms with Crippen molar-refractivity contribution in [1.29, 1.82) is 0 Å². The van der Waals surface area contributed by atoms with Gasteiger partial charge in [0.1, 0.15) is 5.75 Å². The van der Waals surface area contributed by atoms with Gasteiger partial charge < -0.3 is 14.2 Å². The van der Waals surface area contributed by atoms with Crippen molar-refractivity contribution >= 4 is 11.0 Å². The van der Waals surface area contributed by atoms with Crippen LogP contribution in [0.3, 0.4) is 0 Å². The average Bonchev–Trinajstić information content (AvgIpc) is 3.47. The highest BCUT2D eigenvalue weighted by Crippen LogP contribution is 2.32. The minimum Gasteiger partial charge on any atom is -0.494 e. The maximum absolute atomic E-state index is 12.5. The molecule has 0 radical (unpaired) electrons. The summed E-state index contributed by atoms with van der Waals surface area (Å²) >= 11 is 0. The normalized spacial score (nSPS) is 14.7. The van der Waals surface area contributed by atoms with E-state index in [0.717, 1.165) is 40.8 Å². The van der Waals surface area contributed by atoms with Gasteiger partial charge in [-0.2, -0.15) is 4.98 Å². The van der Waals surface area contributed by atoms with E-state index in [0.29, 0.717) is 24.4 Å². The summed E-state index contributed by atoms with van der Waals surface area (Å²) in [5.41, 5.74) is 3.31. The first kappa shape index (κ1) is 17.7. The third-order valence-electron chi connectivity index (χ3n) is 5.50. The zero-order valence-corrected chi connectivity index (χ0v) is 16.2. The number of rotatable bonds is 5. The second kappa shape index (κ2) is 7.24. The molecule has 7 heteroatoms. The second-order valence-electron chi connectivity index (χ2n) is 7.35. The fourth-order valence-corrected chi connectivity index (χ4v) is 4.11. The zero-order valence-electron chi connectivity index (χ0n) is 16.2. The molecule has 0 atom stereocenters. The predicted octanol–water partition coefficient (Wildman–Crippen LogP) is 4.56. The van der Waals surface area contributed by atoms with Crippen molar-refractivity contribution in [2.45, 2.75) is 38.6 Å². The molecule has 2 heterocycles. The maximum Gasteiger partial charge on any atom is 0.326 e. The number of ether oxygens (including phenoxy) is 1. The Morgan fingerprint density at radius 2 is 1.90 bits per heavy atom.